The molecule has 4 rings (SSSR count). The Kier molecular flexibility index (Phi) is 6.71. The van der Waals surface area contributed by atoms with E-state index in [4.69, 9.17) is 4.42 Å². The van der Waals surface area contributed by atoms with Gasteiger partial charge in [0, 0.05) is 44.7 Å². The minimum Gasteiger partial charge on any atom is -0.408 e. The Labute approximate surface area is 193 Å². The van der Waals surface area contributed by atoms with Gasteiger partial charge in [-0.1, -0.05) is 30.3 Å². The lowest BCUT2D eigenvalue weighted by Crippen LogP contribution is -2.37. The molecule has 0 radical (unpaired) electrons. The van der Waals surface area contributed by atoms with Gasteiger partial charge in [0.05, 0.1) is 10.4 Å². The van der Waals surface area contributed by atoms with E-state index in [0.717, 1.165) is 18.4 Å². The van der Waals surface area contributed by atoms with E-state index in [9.17, 15) is 18.0 Å². The van der Waals surface area contributed by atoms with E-state index in [2.05, 4.69) is 0 Å². The SMILES string of the molecule is CC(C)N(Cc1ccccc1)C(=O)CCn1c(=O)oc2cc(S(=O)(=O)N3CCCC3)ccc21. The fraction of sp³-hybridized carbons (Fsp3) is 0.417. The van der Waals surface area contributed by atoms with Gasteiger partial charge in [0.2, 0.25) is 15.9 Å². The standard InChI is InChI=1S/C24H29N3O5S/c1-18(2)27(17-19-8-4-3-5-9-19)23(28)12-15-26-21-11-10-20(16-22(21)32-24(26)29)33(30,31)25-13-6-7-14-25/h3-5,8-11,16,18H,6-7,12-15,17H2,1-2H3. The average molecular weight is 472 g/mol. The first-order chi connectivity index (χ1) is 15.8. The molecule has 0 spiro atoms. The maximum Gasteiger partial charge on any atom is 0.419 e. The van der Waals surface area contributed by atoms with E-state index >= 15 is 0 Å². The largest absolute Gasteiger partial charge is 0.419 e. The summed E-state index contributed by atoms with van der Waals surface area (Å²) in [6, 6.07) is 14.3. The molecule has 1 aliphatic rings. The van der Waals surface area contributed by atoms with Crippen LogP contribution in [0.15, 0.2) is 62.6 Å². The summed E-state index contributed by atoms with van der Waals surface area (Å²) in [5, 5.41) is 0. The first kappa shape index (κ1) is 23.3. The number of oxazole rings is 1. The van der Waals surface area contributed by atoms with Gasteiger partial charge in [0.25, 0.3) is 0 Å². The normalized spacial score (nSPS) is 14.9. The lowest BCUT2D eigenvalue weighted by Gasteiger charge is -2.27. The van der Waals surface area contributed by atoms with Gasteiger partial charge in [-0.3, -0.25) is 9.36 Å². The van der Waals surface area contributed by atoms with Gasteiger partial charge >= 0.3 is 5.76 Å². The van der Waals surface area contributed by atoms with Crippen molar-refractivity contribution >= 4 is 27.0 Å². The van der Waals surface area contributed by atoms with Crippen LogP contribution in [0.3, 0.4) is 0 Å². The molecule has 0 saturated carbocycles. The number of rotatable bonds is 8. The summed E-state index contributed by atoms with van der Waals surface area (Å²) in [4.78, 5) is 27.3. The molecular formula is C24H29N3O5S. The molecule has 0 atom stereocenters. The first-order valence-electron chi connectivity index (χ1n) is 11.2. The summed E-state index contributed by atoms with van der Waals surface area (Å²) >= 11 is 0. The summed E-state index contributed by atoms with van der Waals surface area (Å²) in [6.45, 7) is 5.58. The van der Waals surface area contributed by atoms with Crippen LogP contribution in [-0.2, 0) is 27.9 Å². The zero-order valence-corrected chi connectivity index (χ0v) is 19.8. The number of aromatic nitrogens is 1. The highest BCUT2D eigenvalue weighted by atomic mass is 32.2. The van der Waals surface area contributed by atoms with Crippen molar-refractivity contribution < 1.29 is 17.6 Å². The number of carbonyl (C=O) groups is 1. The van der Waals surface area contributed by atoms with Gasteiger partial charge in [0.1, 0.15) is 0 Å². The summed E-state index contributed by atoms with van der Waals surface area (Å²) in [5.74, 6) is -0.670. The molecule has 0 bridgehead atoms. The Morgan fingerprint density at radius 2 is 1.79 bits per heavy atom. The van der Waals surface area contributed by atoms with Gasteiger partial charge in [-0.2, -0.15) is 4.31 Å². The van der Waals surface area contributed by atoms with Gasteiger partial charge in [0.15, 0.2) is 5.58 Å². The highest BCUT2D eigenvalue weighted by Gasteiger charge is 2.28. The Hall–Kier alpha value is -2.91. The van der Waals surface area contributed by atoms with E-state index < -0.39 is 15.8 Å². The summed E-state index contributed by atoms with van der Waals surface area (Å²) in [7, 11) is -3.61. The number of sulfonamides is 1. The highest BCUT2D eigenvalue weighted by molar-refractivity contribution is 7.89. The highest BCUT2D eigenvalue weighted by Crippen LogP contribution is 2.24. The second kappa shape index (κ2) is 9.52. The summed E-state index contributed by atoms with van der Waals surface area (Å²) in [6.07, 6.45) is 1.82. The number of amides is 1. The molecule has 0 aliphatic carbocycles. The second-order valence-corrected chi connectivity index (χ2v) is 10.5. The van der Waals surface area contributed by atoms with Gasteiger partial charge < -0.3 is 9.32 Å². The zero-order valence-electron chi connectivity index (χ0n) is 18.9. The molecule has 1 amide bonds. The predicted octanol–water partition coefficient (Wildman–Crippen LogP) is 3.21. The molecule has 9 heteroatoms. The van der Waals surface area contributed by atoms with E-state index in [1.807, 2.05) is 44.2 Å². The minimum atomic E-state index is -3.61. The van der Waals surface area contributed by atoms with Crippen LogP contribution in [0.25, 0.3) is 11.1 Å². The smallest absolute Gasteiger partial charge is 0.408 e. The third kappa shape index (κ3) is 4.89. The lowest BCUT2D eigenvalue weighted by molar-refractivity contribution is -0.133. The number of hydrogen-bond donors (Lipinski definition) is 0. The van der Waals surface area contributed by atoms with Crippen molar-refractivity contribution in [2.75, 3.05) is 13.1 Å². The fourth-order valence-electron chi connectivity index (χ4n) is 4.19. The predicted molar refractivity (Wildman–Crippen MR) is 125 cm³/mol. The minimum absolute atomic E-state index is 0.00822. The second-order valence-electron chi connectivity index (χ2n) is 8.61. The van der Waals surface area contributed by atoms with Crippen LogP contribution in [0.4, 0.5) is 0 Å². The maximum absolute atomic E-state index is 13.0. The molecule has 0 N–H and O–H groups in total. The van der Waals surface area contributed by atoms with E-state index in [-0.39, 0.29) is 35.4 Å². The molecule has 0 unspecified atom stereocenters. The van der Waals surface area contributed by atoms with Crippen LogP contribution in [-0.4, -0.2) is 47.2 Å². The molecule has 3 aromatic rings. The molecule has 2 aromatic carbocycles. The zero-order chi connectivity index (χ0) is 23.6. The summed E-state index contributed by atoms with van der Waals surface area (Å²) in [5.41, 5.74) is 1.72. The van der Waals surface area contributed by atoms with Crippen LogP contribution in [0.5, 0.6) is 0 Å². The lowest BCUT2D eigenvalue weighted by atomic mass is 10.1. The average Bonchev–Trinajstić information content (AvgIpc) is 3.44. The van der Waals surface area contributed by atoms with Crippen LogP contribution in [0, 0.1) is 0 Å². The Balaban J connectivity index is 1.52. The molecule has 8 nitrogen and oxygen atoms in total. The van der Waals surface area contributed by atoms with Crippen LogP contribution in [0.1, 0.15) is 38.7 Å². The van der Waals surface area contributed by atoms with Crippen LogP contribution < -0.4 is 5.76 Å². The van der Waals surface area contributed by atoms with Crippen molar-refractivity contribution in [3.63, 3.8) is 0 Å². The number of fused-ring (bicyclic) bond motifs is 1. The number of aryl methyl sites for hydroxylation is 1. The number of hydrogen-bond acceptors (Lipinski definition) is 5. The Morgan fingerprint density at radius 3 is 2.45 bits per heavy atom. The third-order valence-corrected chi connectivity index (χ3v) is 7.93. The van der Waals surface area contributed by atoms with Crippen molar-refractivity contribution in [3.8, 4) is 0 Å². The Morgan fingerprint density at radius 1 is 1.09 bits per heavy atom. The quantitative estimate of drug-likeness (QED) is 0.503. The molecule has 1 fully saturated rings. The van der Waals surface area contributed by atoms with Crippen LogP contribution >= 0.6 is 0 Å². The Bertz CT molecular complexity index is 1290. The van der Waals surface area contributed by atoms with E-state index in [1.54, 1.807) is 11.0 Å². The van der Waals surface area contributed by atoms with Gasteiger partial charge in [-0.25, -0.2) is 13.2 Å². The van der Waals surface area contributed by atoms with Crippen molar-refractivity contribution in [3.05, 3.63) is 64.6 Å². The molecule has 1 aromatic heterocycles. The topological polar surface area (TPSA) is 92.8 Å². The van der Waals surface area contributed by atoms with Crippen molar-refractivity contribution in [1.29, 1.82) is 0 Å². The third-order valence-electron chi connectivity index (χ3n) is 6.03. The van der Waals surface area contributed by atoms with Crippen LogP contribution in [0.2, 0.25) is 0 Å². The molecular weight excluding hydrogens is 442 g/mol. The molecule has 2 heterocycles. The van der Waals surface area contributed by atoms with E-state index in [0.29, 0.717) is 25.2 Å². The maximum atomic E-state index is 13.0. The number of carbonyl (C=O) groups excluding carboxylic acids is 1. The van der Waals surface area contributed by atoms with Crippen molar-refractivity contribution in [2.45, 2.75) is 57.1 Å². The molecule has 33 heavy (non-hydrogen) atoms. The van der Waals surface area contributed by atoms with E-state index in [1.165, 1.54) is 21.0 Å². The number of benzene rings is 2. The van der Waals surface area contributed by atoms with Crippen molar-refractivity contribution in [2.24, 2.45) is 0 Å². The molecule has 1 saturated heterocycles. The summed E-state index contributed by atoms with van der Waals surface area (Å²) < 4.78 is 33.8. The number of nitrogens with zero attached hydrogens (tertiary/aromatic N) is 3. The fourth-order valence-corrected chi connectivity index (χ4v) is 5.72. The van der Waals surface area contributed by atoms with Gasteiger partial charge in [-0.05, 0) is 44.4 Å². The van der Waals surface area contributed by atoms with Gasteiger partial charge in [-0.15, -0.1) is 0 Å². The molecule has 176 valence electrons. The van der Waals surface area contributed by atoms with Crippen molar-refractivity contribution in [1.82, 2.24) is 13.8 Å². The first-order valence-corrected chi connectivity index (χ1v) is 12.7. The molecule has 1 aliphatic heterocycles. The monoisotopic (exact) mass is 471 g/mol.